The largest absolute Gasteiger partial charge is 0.425 e. The van der Waals surface area contributed by atoms with E-state index in [1.165, 1.54) is 0 Å². The van der Waals surface area contributed by atoms with Gasteiger partial charge in [0.2, 0.25) is 0 Å². The molecule has 29 heavy (non-hydrogen) atoms. The Balaban J connectivity index is 2.66. The van der Waals surface area contributed by atoms with E-state index in [0.717, 1.165) is 0 Å². The van der Waals surface area contributed by atoms with Gasteiger partial charge in [0.25, 0.3) is 0 Å². The molecular weight excluding hydrogens is 370 g/mol. The summed E-state index contributed by atoms with van der Waals surface area (Å²) in [6, 6.07) is 9.96. The van der Waals surface area contributed by atoms with Crippen LogP contribution in [0.2, 0.25) is 0 Å². The SMILES string of the molecule is CC(C)(C)C(=O)Oc1cccc(OC(=O)C(C)(C)C)c1-c1cc(N)cc(CO)c1. The Hall–Kier alpha value is -2.86. The molecule has 0 heterocycles. The lowest BCUT2D eigenvalue weighted by Gasteiger charge is -2.22. The molecule has 2 rings (SSSR count). The molecule has 0 aliphatic rings. The number of carbonyl (C=O) groups is 2. The van der Waals surface area contributed by atoms with Crippen molar-refractivity contribution in [2.75, 3.05) is 5.73 Å². The third-order valence-electron chi connectivity index (χ3n) is 4.10. The van der Waals surface area contributed by atoms with Crippen molar-refractivity contribution in [1.29, 1.82) is 0 Å². The second kappa shape index (κ2) is 8.25. The van der Waals surface area contributed by atoms with Crippen LogP contribution in [-0.4, -0.2) is 17.0 Å². The average Bonchev–Trinajstić information content (AvgIpc) is 2.59. The van der Waals surface area contributed by atoms with E-state index < -0.39 is 22.8 Å². The number of benzene rings is 2. The van der Waals surface area contributed by atoms with Gasteiger partial charge in [0.15, 0.2) is 0 Å². The molecule has 0 fully saturated rings. The minimum Gasteiger partial charge on any atom is -0.425 e. The normalized spacial score (nSPS) is 11.8. The van der Waals surface area contributed by atoms with E-state index in [1.54, 1.807) is 77.9 Å². The predicted molar refractivity (Wildman–Crippen MR) is 112 cm³/mol. The Morgan fingerprint density at radius 1 is 0.897 bits per heavy atom. The first-order valence-corrected chi connectivity index (χ1v) is 9.41. The number of aliphatic hydroxyl groups excluding tert-OH is 1. The molecule has 0 bridgehead atoms. The zero-order valence-corrected chi connectivity index (χ0v) is 17.8. The molecule has 0 saturated carbocycles. The summed E-state index contributed by atoms with van der Waals surface area (Å²) in [5.41, 5.74) is 6.55. The van der Waals surface area contributed by atoms with Crippen molar-refractivity contribution in [2.24, 2.45) is 10.8 Å². The van der Waals surface area contributed by atoms with E-state index in [0.29, 0.717) is 22.4 Å². The minimum absolute atomic E-state index is 0.209. The van der Waals surface area contributed by atoms with Gasteiger partial charge in [-0.1, -0.05) is 6.07 Å². The maximum atomic E-state index is 12.5. The molecule has 156 valence electrons. The van der Waals surface area contributed by atoms with Crippen molar-refractivity contribution in [1.82, 2.24) is 0 Å². The Morgan fingerprint density at radius 2 is 1.38 bits per heavy atom. The molecule has 6 nitrogen and oxygen atoms in total. The van der Waals surface area contributed by atoms with Crippen LogP contribution in [0.3, 0.4) is 0 Å². The summed E-state index contributed by atoms with van der Waals surface area (Å²) in [6.07, 6.45) is 0. The highest BCUT2D eigenvalue weighted by Gasteiger charge is 2.28. The molecule has 0 saturated heterocycles. The van der Waals surface area contributed by atoms with Gasteiger partial charge in [-0.25, -0.2) is 0 Å². The first-order valence-electron chi connectivity index (χ1n) is 9.41. The van der Waals surface area contributed by atoms with Crippen LogP contribution in [-0.2, 0) is 16.2 Å². The summed E-state index contributed by atoms with van der Waals surface area (Å²) in [5.74, 6) is -0.356. The third kappa shape index (κ3) is 5.57. The number of carbonyl (C=O) groups excluding carboxylic acids is 2. The summed E-state index contributed by atoms with van der Waals surface area (Å²) in [4.78, 5) is 25.0. The molecule has 3 N–H and O–H groups in total. The van der Waals surface area contributed by atoms with Crippen molar-refractivity contribution >= 4 is 17.6 Å². The number of aliphatic hydroxyl groups is 1. The number of rotatable bonds is 4. The summed E-state index contributed by atoms with van der Waals surface area (Å²) in [5, 5.41) is 9.55. The molecule has 0 amide bonds. The van der Waals surface area contributed by atoms with E-state index in [-0.39, 0.29) is 18.1 Å². The zero-order valence-electron chi connectivity index (χ0n) is 17.8. The second-order valence-electron chi connectivity index (χ2n) is 9.03. The monoisotopic (exact) mass is 399 g/mol. The lowest BCUT2D eigenvalue weighted by Crippen LogP contribution is -2.27. The average molecular weight is 399 g/mol. The Bertz CT molecular complexity index is 874. The summed E-state index contributed by atoms with van der Waals surface area (Å²) < 4.78 is 11.3. The third-order valence-corrected chi connectivity index (χ3v) is 4.10. The molecule has 0 aromatic heterocycles. The molecule has 0 radical (unpaired) electrons. The van der Waals surface area contributed by atoms with Gasteiger partial charge < -0.3 is 20.3 Å². The van der Waals surface area contributed by atoms with Crippen LogP contribution >= 0.6 is 0 Å². The predicted octanol–water partition coefficient (Wildman–Crippen LogP) is 4.33. The van der Waals surface area contributed by atoms with Gasteiger partial charge in [0.1, 0.15) is 11.5 Å². The number of nitrogen functional groups attached to an aromatic ring is 1. The standard InChI is InChI=1S/C23H29NO5/c1-22(2,3)20(26)28-17-8-7-9-18(29-21(27)23(4,5)6)19(17)15-10-14(13-25)11-16(24)12-15/h7-12,25H,13,24H2,1-6H3. The highest BCUT2D eigenvalue weighted by Crippen LogP contribution is 2.41. The second-order valence-corrected chi connectivity index (χ2v) is 9.03. The van der Waals surface area contributed by atoms with Gasteiger partial charge in [0.05, 0.1) is 23.0 Å². The molecule has 2 aromatic rings. The van der Waals surface area contributed by atoms with Crippen molar-refractivity contribution in [2.45, 2.75) is 48.1 Å². The van der Waals surface area contributed by atoms with E-state index in [1.807, 2.05) is 0 Å². The molecular formula is C23H29NO5. The lowest BCUT2D eigenvalue weighted by atomic mass is 9.96. The number of esters is 2. The van der Waals surface area contributed by atoms with Crippen LogP contribution in [0.4, 0.5) is 5.69 Å². The lowest BCUT2D eigenvalue weighted by molar-refractivity contribution is -0.143. The molecule has 6 heteroatoms. The molecule has 0 aliphatic heterocycles. The van der Waals surface area contributed by atoms with Crippen molar-refractivity contribution in [3.05, 3.63) is 42.0 Å². The van der Waals surface area contributed by atoms with E-state index in [2.05, 4.69) is 0 Å². The number of nitrogens with two attached hydrogens (primary N) is 1. The number of ether oxygens (including phenoxy) is 2. The maximum Gasteiger partial charge on any atom is 0.316 e. The number of anilines is 1. The van der Waals surface area contributed by atoms with Crippen LogP contribution < -0.4 is 15.2 Å². The van der Waals surface area contributed by atoms with Gasteiger partial charge in [-0.3, -0.25) is 9.59 Å². The molecule has 0 unspecified atom stereocenters. The molecule has 0 atom stereocenters. The van der Waals surface area contributed by atoms with E-state index in [9.17, 15) is 14.7 Å². The van der Waals surface area contributed by atoms with Crippen LogP contribution in [0.25, 0.3) is 11.1 Å². The smallest absolute Gasteiger partial charge is 0.316 e. The van der Waals surface area contributed by atoms with Crippen LogP contribution in [0.5, 0.6) is 11.5 Å². The van der Waals surface area contributed by atoms with Gasteiger partial charge >= 0.3 is 11.9 Å². The number of hydrogen-bond donors (Lipinski definition) is 2. The van der Waals surface area contributed by atoms with Crippen LogP contribution in [0.15, 0.2) is 36.4 Å². The van der Waals surface area contributed by atoms with Gasteiger partial charge in [-0.15, -0.1) is 0 Å². The highest BCUT2D eigenvalue weighted by molar-refractivity contribution is 5.87. The van der Waals surface area contributed by atoms with E-state index >= 15 is 0 Å². The van der Waals surface area contributed by atoms with Gasteiger partial charge in [-0.2, -0.15) is 0 Å². The Labute approximate surface area is 171 Å². The summed E-state index contributed by atoms with van der Waals surface area (Å²) >= 11 is 0. The quantitative estimate of drug-likeness (QED) is 0.451. The molecule has 0 aliphatic carbocycles. The summed E-state index contributed by atoms with van der Waals surface area (Å²) in [7, 11) is 0. The van der Waals surface area contributed by atoms with Crippen LogP contribution in [0.1, 0.15) is 47.1 Å². The number of hydrogen-bond acceptors (Lipinski definition) is 6. The van der Waals surface area contributed by atoms with Crippen molar-refractivity contribution in [3.8, 4) is 22.6 Å². The minimum atomic E-state index is -0.721. The van der Waals surface area contributed by atoms with Crippen LogP contribution in [0, 0.1) is 10.8 Å². The fraction of sp³-hybridized carbons (Fsp3) is 0.391. The molecule has 2 aromatic carbocycles. The van der Waals surface area contributed by atoms with Crippen molar-refractivity contribution < 1.29 is 24.2 Å². The Morgan fingerprint density at radius 3 is 1.79 bits per heavy atom. The zero-order chi connectivity index (χ0) is 22.0. The summed E-state index contributed by atoms with van der Waals surface area (Å²) in [6.45, 7) is 10.3. The van der Waals surface area contributed by atoms with Gasteiger partial charge in [-0.05, 0) is 83.0 Å². The first-order chi connectivity index (χ1) is 13.3. The van der Waals surface area contributed by atoms with Gasteiger partial charge in [0, 0.05) is 5.69 Å². The van der Waals surface area contributed by atoms with E-state index in [4.69, 9.17) is 15.2 Å². The van der Waals surface area contributed by atoms with Crippen molar-refractivity contribution in [3.63, 3.8) is 0 Å². The fourth-order valence-electron chi connectivity index (χ4n) is 2.43. The Kier molecular flexibility index (Phi) is 6.38. The fourth-order valence-corrected chi connectivity index (χ4v) is 2.43. The molecule has 0 spiro atoms. The topological polar surface area (TPSA) is 98.9 Å². The maximum absolute atomic E-state index is 12.5. The first kappa shape index (κ1) is 22.4. The highest BCUT2D eigenvalue weighted by atomic mass is 16.5.